The van der Waals surface area contributed by atoms with E-state index in [4.69, 9.17) is 0 Å². The summed E-state index contributed by atoms with van der Waals surface area (Å²) in [5.41, 5.74) is 1.37. The third-order valence-corrected chi connectivity index (χ3v) is 12.6. The molecule has 0 aromatic rings. The largest absolute Gasteiger partial charge is 0.0846 e. The van der Waals surface area contributed by atoms with Gasteiger partial charge in [-0.1, -0.05) is 148 Å². The van der Waals surface area contributed by atoms with Gasteiger partial charge in [-0.3, -0.25) is 0 Å². The van der Waals surface area contributed by atoms with Gasteiger partial charge in [0.2, 0.25) is 0 Å². The molecule has 2 aliphatic rings. The number of allylic oxidation sites excluding steroid dienone is 8. The normalized spacial score (nSPS) is 17.9. The van der Waals surface area contributed by atoms with Crippen LogP contribution in [0.2, 0.25) is 0 Å². The van der Waals surface area contributed by atoms with Crippen LogP contribution in [-0.2, 0) is 17.1 Å². The third kappa shape index (κ3) is 9.16. The Labute approximate surface area is 196 Å². The van der Waals surface area contributed by atoms with Gasteiger partial charge in [0.25, 0.3) is 0 Å². The van der Waals surface area contributed by atoms with Crippen LogP contribution in [0.25, 0.3) is 0 Å². The zero-order chi connectivity index (χ0) is 22.0. The van der Waals surface area contributed by atoms with E-state index in [1.165, 1.54) is 0 Å². The van der Waals surface area contributed by atoms with E-state index in [1.54, 1.807) is 0 Å². The first-order chi connectivity index (χ1) is 12.5. The van der Waals surface area contributed by atoms with Gasteiger partial charge in [0.15, 0.2) is 0 Å². The molecule has 2 aliphatic carbocycles. The van der Waals surface area contributed by atoms with Gasteiger partial charge in [0.1, 0.15) is 0 Å². The Morgan fingerprint density at radius 2 is 0.586 bits per heavy atom. The monoisotopic (exact) mass is 476 g/mol. The summed E-state index contributed by atoms with van der Waals surface area (Å²) in [6.07, 6.45) is 18.2. The fourth-order valence-electron chi connectivity index (χ4n) is 4.99. The molecule has 0 fully saturated rings. The number of hydrogen-bond donors (Lipinski definition) is 0. The fourth-order valence-corrected chi connectivity index (χ4v) is 13.7. The number of hydrogen-bond acceptors (Lipinski definition) is 0. The summed E-state index contributed by atoms with van der Waals surface area (Å²) in [4.78, 5) is 0. The molecule has 0 spiro atoms. The van der Waals surface area contributed by atoms with Gasteiger partial charge in [-0.25, -0.2) is 0 Å². The molecule has 0 atom stereocenters. The number of rotatable bonds is 2. The zero-order valence-electron chi connectivity index (χ0n) is 21.0. The van der Waals surface area contributed by atoms with E-state index < -0.39 is 0 Å². The van der Waals surface area contributed by atoms with Crippen LogP contribution in [0.15, 0.2) is 48.6 Å². The van der Waals surface area contributed by atoms with Gasteiger partial charge < -0.3 is 0 Å². The molecule has 0 aromatic heterocycles. The molecule has 3 heteroatoms. The summed E-state index contributed by atoms with van der Waals surface area (Å²) in [6.45, 7) is 28.5. The first kappa shape index (κ1) is 29.3. The topological polar surface area (TPSA) is 0 Å². The summed E-state index contributed by atoms with van der Waals surface area (Å²) < 4.78 is 0. The molecule has 0 N–H and O–H groups in total. The van der Waals surface area contributed by atoms with Gasteiger partial charge in [-0.05, 0) is 20.6 Å². The molecular weight excluding hydrogens is 430 g/mol. The van der Waals surface area contributed by atoms with Crippen molar-refractivity contribution in [2.24, 2.45) is 0 Å². The zero-order valence-corrected chi connectivity index (χ0v) is 23.9. The van der Waals surface area contributed by atoms with Gasteiger partial charge >= 0.3 is 0 Å². The van der Waals surface area contributed by atoms with Crippen LogP contribution >= 0.6 is 15.8 Å². The molecular formula is C26H46FeP2. The van der Waals surface area contributed by atoms with Crippen LogP contribution in [0, 0.1) is 0 Å². The minimum atomic E-state index is -0.0175. The molecule has 0 aromatic carbocycles. The van der Waals surface area contributed by atoms with Crippen molar-refractivity contribution >= 4 is 15.8 Å². The predicted molar refractivity (Wildman–Crippen MR) is 137 cm³/mol. The minimum absolute atomic E-state index is 0. The third-order valence-electron chi connectivity index (χ3n) is 4.94. The van der Waals surface area contributed by atoms with E-state index in [-0.39, 0.29) is 32.9 Å². The van der Waals surface area contributed by atoms with Crippen LogP contribution in [0.1, 0.15) is 83.1 Å². The second-order valence-corrected chi connectivity index (χ2v) is 20.0. The Kier molecular flexibility index (Phi) is 10.9. The van der Waals surface area contributed by atoms with Crippen LogP contribution in [-0.4, -0.2) is 31.9 Å². The van der Waals surface area contributed by atoms with Crippen molar-refractivity contribution in [3.05, 3.63) is 48.6 Å². The van der Waals surface area contributed by atoms with Crippen LogP contribution in [0.4, 0.5) is 0 Å². The van der Waals surface area contributed by atoms with E-state index in [0.29, 0.717) is 31.9 Å². The molecule has 0 nitrogen and oxygen atoms in total. The molecule has 0 unspecified atom stereocenters. The Morgan fingerprint density at radius 3 is 0.724 bits per heavy atom. The molecule has 0 saturated heterocycles. The molecule has 168 valence electrons. The molecule has 0 saturated carbocycles. The first-order valence-corrected chi connectivity index (χ1v) is 13.6. The van der Waals surface area contributed by atoms with E-state index in [1.807, 2.05) is 0 Å². The van der Waals surface area contributed by atoms with Gasteiger partial charge in [0.05, 0.1) is 0 Å². The maximum absolute atomic E-state index is 2.38. The molecule has 0 bridgehead atoms. The Balaban J connectivity index is 0.000000523. The fraction of sp³-hybridized carbons (Fsp3) is 0.692. The average Bonchev–Trinajstić information content (AvgIpc) is 3.06. The summed E-state index contributed by atoms with van der Waals surface area (Å²) >= 11 is 0. The van der Waals surface area contributed by atoms with Gasteiger partial charge in [-0.2, -0.15) is 0 Å². The smallest absolute Gasteiger partial charge is 0.0165 e. The molecule has 0 radical (unpaired) electrons. The maximum atomic E-state index is 2.38. The Hall–Kier alpha value is 0.339. The second-order valence-electron chi connectivity index (χ2n) is 11.9. The summed E-state index contributed by atoms with van der Waals surface area (Å²) in [6, 6.07) is 0. The van der Waals surface area contributed by atoms with Crippen molar-refractivity contribution in [3.8, 4) is 0 Å². The van der Waals surface area contributed by atoms with Gasteiger partial charge in [-0.15, -0.1) is 0 Å². The van der Waals surface area contributed by atoms with Crippen LogP contribution in [0.3, 0.4) is 0 Å². The Morgan fingerprint density at radius 1 is 0.414 bits per heavy atom. The molecule has 29 heavy (non-hydrogen) atoms. The molecule has 2 rings (SSSR count). The quantitative estimate of drug-likeness (QED) is 0.275. The van der Waals surface area contributed by atoms with E-state index in [2.05, 4.69) is 132 Å². The Bertz CT molecular complexity index is 505. The van der Waals surface area contributed by atoms with Crippen molar-refractivity contribution in [3.63, 3.8) is 0 Å². The molecule has 0 heterocycles. The van der Waals surface area contributed by atoms with E-state index in [9.17, 15) is 0 Å². The summed E-state index contributed by atoms with van der Waals surface area (Å²) in [5, 5.41) is 1.71. The average molecular weight is 476 g/mol. The standard InChI is InChI=1S/2C13H23P.Fe/c2*1-12(2,3)14(13(4,5)6)11-9-7-8-10-11;/h2*7-11H,1-6H3;. The van der Waals surface area contributed by atoms with Crippen molar-refractivity contribution in [1.29, 1.82) is 0 Å². The van der Waals surface area contributed by atoms with Crippen molar-refractivity contribution in [2.45, 2.75) is 115 Å². The van der Waals surface area contributed by atoms with Crippen LogP contribution < -0.4 is 0 Å². The van der Waals surface area contributed by atoms with Crippen molar-refractivity contribution in [1.82, 2.24) is 0 Å². The van der Waals surface area contributed by atoms with Crippen molar-refractivity contribution < 1.29 is 17.1 Å². The minimum Gasteiger partial charge on any atom is -0.0846 e. The first-order valence-electron chi connectivity index (χ1n) is 10.7. The molecule has 0 aliphatic heterocycles. The second kappa shape index (κ2) is 10.8. The van der Waals surface area contributed by atoms with Crippen molar-refractivity contribution in [2.75, 3.05) is 0 Å². The van der Waals surface area contributed by atoms with Gasteiger partial charge in [0, 0.05) is 28.4 Å². The maximum Gasteiger partial charge on any atom is 0.0165 e. The predicted octanol–water partition coefficient (Wildman–Crippen LogP) is 9.12. The summed E-state index contributed by atoms with van der Waals surface area (Å²) in [5.74, 6) is 0. The SMILES string of the molecule is CC(C)(C)P(C1C=CC=C1)C(C)(C)C.CC(C)(C)P(C1C=CC=C1)C(C)(C)C.[Fe]. The molecule has 0 amide bonds. The van der Waals surface area contributed by atoms with E-state index >= 15 is 0 Å². The summed E-state index contributed by atoms with van der Waals surface area (Å²) in [7, 11) is -0.0350. The van der Waals surface area contributed by atoms with Crippen LogP contribution in [0.5, 0.6) is 0 Å². The van der Waals surface area contributed by atoms with E-state index in [0.717, 1.165) is 0 Å².